The van der Waals surface area contributed by atoms with Crippen LogP contribution in [0.25, 0.3) is 0 Å². The third-order valence-electron chi connectivity index (χ3n) is 1.12. The molecule has 0 aromatic carbocycles. The van der Waals surface area contributed by atoms with E-state index in [-0.39, 0.29) is 11.8 Å². The van der Waals surface area contributed by atoms with Gasteiger partial charge >= 0.3 is 5.97 Å². The summed E-state index contributed by atoms with van der Waals surface area (Å²) in [5.74, 6) is -0.880. The lowest BCUT2D eigenvalue weighted by atomic mass is 10.2. The summed E-state index contributed by atoms with van der Waals surface area (Å²) in [6, 6.07) is 0. The highest BCUT2D eigenvalue weighted by molar-refractivity contribution is 5.72. The lowest BCUT2D eigenvalue weighted by Crippen LogP contribution is -2.17. The van der Waals surface area contributed by atoms with Crippen LogP contribution in [0.3, 0.4) is 0 Å². The van der Waals surface area contributed by atoms with Crippen LogP contribution in [0.5, 0.6) is 0 Å². The Bertz CT molecular complexity index is 134. The van der Waals surface area contributed by atoms with E-state index in [4.69, 9.17) is 5.11 Å². The van der Waals surface area contributed by atoms with Crippen LogP contribution in [-0.4, -0.2) is 36.0 Å². The molecule has 0 aliphatic carbocycles. The first kappa shape index (κ1) is 13.5. The van der Waals surface area contributed by atoms with Crippen LogP contribution < -0.4 is 0 Å². The predicted molar refractivity (Wildman–Crippen MR) is 46.8 cm³/mol. The number of hydrogen-bond donors (Lipinski definition) is 1. The Kier molecular flexibility index (Phi) is 7.48. The number of aliphatic carboxylic acids is 1. The summed E-state index contributed by atoms with van der Waals surface area (Å²) in [5.41, 5.74) is 0. The monoisotopic (exact) mass is 175 g/mol. The fourth-order valence-electron chi connectivity index (χ4n) is 0. The maximum absolute atomic E-state index is 10.1. The van der Waals surface area contributed by atoms with Crippen LogP contribution in [0.1, 0.15) is 20.8 Å². The first-order chi connectivity index (χ1) is 5.29. The zero-order valence-electron chi connectivity index (χ0n) is 8.29. The van der Waals surface area contributed by atoms with Crippen LogP contribution in [0.15, 0.2) is 0 Å². The molecular weight excluding hydrogens is 158 g/mol. The number of carbonyl (C=O) groups excluding carboxylic acids is 1. The van der Waals surface area contributed by atoms with Gasteiger partial charge < -0.3 is 10.0 Å². The smallest absolute Gasteiger partial charge is 0.305 e. The molecule has 0 radical (unpaired) electrons. The summed E-state index contributed by atoms with van der Waals surface area (Å²) < 4.78 is 0. The Labute approximate surface area is 73.2 Å². The van der Waals surface area contributed by atoms with Crippen molar-refractivity contribution in [3.8, 4) is 0 Å². The predicted octanol–water partition coefficient (Wildman–Crippen LogP) is 0.821. The average molecular weight is 175 g/mol. The van der Waals surface area contributed by atoms with Gasteiger partial charge in [0.15, 0.2) is 0 Å². The molecule has 4 nitrogen and oxygen atoms in total. The summed E-state index contributed by atoms with van der Waals surface area (Å²) in [6.45, 7) is 4.81. The Morgan fingerprint density at radius 3 is 1.42 bits per heavy atom. The van der Waals surface area contributed by atoms with E-state index in [0.717, 1.165) is 0 Å². The van der Waals surface area contributed by atoms with Crippen molar-refractivity contribution in [2.45, 2.75) is 20.8 Å². The van der Waals surface area contributed by atoms with E-state index in [2.05, 4.69) is 0 Å². The van der Waals surface area contributed by atoms with Crippen LogP contribution in [-0.2, 0) is 9.59 Å². The van der Waals surface area contributed by atoms with Crippen LogP contribution in [0, 0.1) is 5.92 Å². The van der Waals surface area contributed by atoms with Gasteiger partial charge in [-0.2, -0.15) is 0 Å². The molecular formula is C8H17NO3. The third kappa shape index (κ3) is 11.7. The van der Waals surface area contributed by atoms with E-state index in [0.29, 0.717) is 0 Å². The molecule has 0 unspecified atom stereocenters. The normalized spacial score (nSPS) is 8.50. The lowest BCUT2D eigenvalue weighted by molar-refractivity contribution is -0.140. The molecule has 0 bridgehead atoms. The van der Waals surface area contributed by atoms with Gasteiger partial charge in [-0.05, 0) is 0 Å². The summed E-state index contributed by atoms with van der Waals surface area (Å²) in [4.78, 5) is 21.3. The summed E-state index contributed by atoms with van der Waals surface area (Å²) in [5, 5.41) is 7.99. The lowest BCUT2D eigenvalue weighted by Gasteiger charge is -2.02. The Morgan fingerprint density at radius 1 is 1.25 bits per heavy atom. The van der Waals surface area contributed by atoms with Gasteiger partial charge in [-0.15, -0.1) is 0 Å². The highest BCUT2D eigenvalue weighted by atomic mass is 16.4. The van der Waals surface area contributed by atoms with Gasteiger partial charge in [-0.25, -0.2) is 0 Å². The number of carboxylic acids is 1. The number of hydrogen-bond acceptors (Lipinski definition) is 2. The molecule has 1 N–H and O–H groups in total. The zero-order valence-corrected chi connectivity index (χ0v) is 8.29. The summed E-state index contributed by atoms with van der Waals surface area (Å²) in [7, 11) is 3.45. The van der Waals surface area contributed by atoms with Crippen molar-refractivity contribution in [1.29, 1.82) is 0 Å². The SMILES string of the molecule is CC(=O)N(C)C.CC(C)C(=O)O. The van der Waals surface area contributed by atoms with Crippen molar-refractivity contribution in [2.24, 2.45) is 5.92 Å². The van der Waals surface area contributed by atoms with Crippen molar-refractivity contribution in [2.75, 3.05) is 14.1 Å². The molecule has 72 valence electrons. The van der Waals surface area contributed by atoms with Crippen molar-refractivity contribution in [3.05, 3.63) is 0 Å². The number of rotatable bonds is 1. The molecule has 0 aliphatic heterocycles. The third-order valence-corrected chi connectivity index (χ3v) is 1.12. The average Bonchev–Trinajstić information content (AvgIpc) is 1.88. The Balaban J connectivity index is 0. The van der Waals surface area contributed by atoms with Crippen LogP contribution in [0.2, 0.25) is 0 Å². The zero-order chi connectivity index (χ0) is 10.3. The Hall–Kier alpha value is -1.06. The Morgan fingerprint density at radius 2 is 1.42 bits per heavy atom. The molecule has 0 heterocycles. The minimum atomic E-state index is -0.741. The minimum absolute atomic E-state index is 0.0926. The number of amides is 1. The van der Waals surface area contributed by atoms with Crippen molar-refractivity contribution >= 4 is 11.9 Å². The second-order valence-corrected chi connectivity index (χ2v) is 2.91. The molecule has 0 aliphatic rings. The topological polar surface area (TPSA) is 57.6 Å². The van der Waals surface area contributed by atoms with Gasteiger partial charge in [-0.3, -0.25) is 9.59 Å². The van der Waals surface area contributed by atoms with Gasteiger partial charge in [0.05, 0.1) is 5.92 Å². The quantitative estimate of drug-likeness (QED) is 0.642. The molecule has 0 saturated carbocycles. The highest BCUT2D eigenvalue weighted by Crippen LogP contribution is 1.87. The van der Waals surface area contributed by atoms with Crippen molar-refractivity contribution in [1.82, 2.24) is 4.90 Å². The van der Waals surface area contributed by atoms with E-state index in [1.54, 1.807) is 27.9 Å². The molecule has 12 heavy (non-hydrogen) atoms. The van der Waals surface area contributed by atoms with Crippen molar-refractivity contribution in [3.63, 3.8) is 0 Å². The first-order valence-corrected chi connectivity index (χ1v) is 3.69. The van der Waals surface area contributed by atoms with Crippen molar-refractivity contribution < 1.29 is 14.7 Å². The molecule has 0 atom stereocenters. The van der Waals surface area contributed by atoms with Gasteiger partial charge in [0.2, 0.25) is 5.91 Å². The minimum Gasteiger partial charge on any atom is -0.481 e. The maximum Gasteiger partial charge on any atom is 0.305 e. The van der Waals surface area contributed by atoms with Gasteiger partial charge in [-0.1, -0.05) is 13.8 Å². The highest BCUT2D eigenvalue weighted by Gasteiger charge is 1.99. The van der Waals surface area contributed by atoms with E-state index in [1.165, 1.54) is 11.8 Å². The van der Waals surface area contributed by atoms with Gasteiger partial charge in [0.25, 0.3) is 0 Å². The standard InChI is InChI=1S/C4H9NO.C4H8O2/c1-4(6)5(2)3;1-3(2)4(5)6/h1-3H3;3H,1-2H3,(H,5,6). The molecule has 0 aromatic rings. The van der Waals surface area contributed by atoms with E-state index in [1.807, 2.05) is 0 Å². The maximum atomic E-state index is 10.1. The fraction of sp³-hybridized carbons (Fsp3) is 0.750. The van der Waals surface area contributed by atoms with E-state index >= 15 is 0 Å². The van der Waals surface area contributed by atoms with Gasteiger partial charge in [0, 0.05) is 21.0 Å². The van der Waals surface area contributed by atoms with Crippen LogP contribution >= 0.6 is 0 Å². The second kappa shape index (κ2) is 6.64. The number of carboxylic acid groups (broad SMARTS) is 1. The molecule has 1 amide bonds. The van der Waals surface area contributed by atoms with Gasteiger partial charge in [0.1, 0.15) is 0 Å². The molecule has 0 spiro atoms. The fourth-order valence-corrected chi connectivity index (χ4v) is 0. The van der Waals surface area contributed by atoms with Crippen LogP contribution in [0.4, 0.5) is 0 Å². The summed E-state index contributed by atoms with van der Waals surface area (Å²) in [6.07, 6.45) is 0. The van der Waals surface area contributed by atoms with E-state index < -0.39 is 5.97 Å². The number of nitrogens with zero attached hydrogens (tertiary/aromatic N) is 1. The molecule has 0 fully saturated rings. The summed E-state index contributed by atoms with van der Waals surface area (Å²) >= 11 is 0. The molecule has 0 rings (SSSR count). The largest absolute Gasteiger partial charge is 0.481 e. The second-order valence-electron chi connectivity index (χ2n) is 2.91. The first-order valence-electron chi connectivity index (χ1n) is 3.69. The molecule has 4 heteroatoms. The van der Waals surface area contributed by atoms with E-state index in [9.17, 15) is 9.59 Å². The molecule has 0 saturated heterocycles. The molecule has 0 aromatic heterocycles. The number of carbonyl (C=O) groups is 2.